The van der Waals surface area contributed by atoms with Crippen molar-refractivity contribution in [2.75, 3.05) is 23.7 Å². The predicted molar refractivity (Wildman–Crippen MR) is 146 cm³/mol. The highest BCUT2D eigenvalue weighted by atomic mass is 79.9. The molecule has 0 aromatic heterocycles. The highest BCUT2D eigenvalue weighted by molar-refractivity contribution is 9.10. The SMILES string of the molecule is CCCCNC(=O)[C@@H](C)N(Cc1cccc(Br)c1)C(=O)CN(c1cc(Cl)c(Cl)cc1Cl)S(C)(=O)=O. The summed E-state index contributed by atoms with van der Waals surface area (Å²) in [6.07, 6.45) is 2.66. The summed E-state index contributed by atoms with van der Waals surface area (Å²) in [4.78, 5) is 27.7. The fourth-order valence-electron chi connectivity index (χ4n) is 3.25. The van der Waals surface area contributed by atoms with Crippen LogP contribution in [0.4, 0.5) is 5.69 Å². The zero-order valence-corrected chi connectivity index (χ0v) is 24.2. The maximum atomic E-state index is 13.5. The minimum absolute atomic E-state index is 0.0133. The van der Waals surface area contributed by atoms with Crippen LogP contribution in [0.25, 0.3) is 0 Å². The minimum Gasteiger partial charge on any atom is -0.354 e. The Kier molecular flexibility index (Phi) is 11.2. The molecule has 0 aliphatic carbocycles. The molecule has 7 nitrogen and oxygen atoms in total. The number of amides is 2. The first kappa shape index (κ1) is 29.7. The standard InChI is InChI=1S/C23H27BrCl3N3O4S/c1-4-5-9-28-23(32)15(2)29(13-16-7-6-8-17(24)10-16)22(31)14-30(35(3,33)34)21-12-19(26)18(25)11-20(21)27/h6-8,10-12,15H,4-5,9,13-14H2,1-3H3,(H,28,32)/t15-/m1/s1. The number of hydrogen-bond donors (Lipinski definition) is 1. The summed E-state index contributed by atoms with van der Waals surface area (Å²) in [7, 11) is -3.95. The summed E-state index contributed by atoms with van der Waals surface area (Å²) in [6.45, 7) is 3.60. The number of nitrogens with one attached hydrogen (secondary N) is 1. The van der Waals surface area contributed by atoms with E-state index in [4.69, 9.17) is 34.8 Å². The number of carbonyl (C=O) groups excluding carboxylic acids is 2. The maximum absolute atomic E-state index is 13.5. The fraction of sp³-hybridized carbons (Fsp3) is 0.391. The van der Waals surface area contributed by atoms with Gasteiger partial charge in [0.15, 0.2) is 0 Å². The lowest BCUT2D eigenvalue weighted by Crippen LogP contribution is -2.51. The number of nitrogens with zero attached hydrogens (tertiary/aromatic N) is 2. The van der Waals surface area contributed by atoms with Crippen LogP contribution >= 0.6 is 50.7 Å². The average molecular weight is 628 g/mol. The van der Waals surface area contributed by atoms with Gasteiger partial charge in [0, 0.05) is 17.6 Å². The lowest BCUT2D eigenvalue weighted by atomic mass is 10.1. The van der Waals surface area contributed by atoms with Gasteiger partial charge in [-0.15, -0.1) is 0 Å². The quantitative estimate of drug-likeness (QED) is 0.263. The monoisotopic (exact) mass is 625 g/mol. The number of halogens is 4. The average Bonchev–Trinajstić information content (AvgIpc) is 2.77. The first-order valence-electron chi connectivity index (χ1n) is 10.8. The summed E-state index contributed by atoms with van der Waals surface area (Å²) in [5.41, 5.74) is 0.777. The molecular formula is C23H27BrCl3N3O4S. The topological polar surface area (TPSA) is 86.8 Å². The second-order valence-electron chi connectivity index (χ2n) is 7.96. The van der Waals surface area contributed by atoms with Crippen molar-refractivity contribution in [3.63, 3.8) is 0 Å². The van der Waals surface area contributed by atoms with Crippen LogP contribution in [0.2, 0.25) is 15.1 Å². The number of unbranched alkanes of at least 4 members (excludes halogenated alkanes) is 1. The zero-order chi connectivity index (χ0) is 26.3. The van der Waals surface area contributed by atoms with Crippen molar-refractivity contribution in [3.8, 4) is 0 Å². The summed E-state index contributed by atoms with van der Waals surface area (Å²) in [5.74, 6) is -0.920. The molecule has 0 bridgehead atoms. The van der Waals surface area contributed by atoms with Crippen molar-refractivity contribution in [2.45, 2.75) is 39.3 Å². The third-order valence-corrected chi connectivity index (χ3v) is 7.82. The summed E-state index contributed by atoms with van der Waals surface area (Å²) < 4.78 is 27.0. The van der Waals surface area contributed by atoms with Gasteiger partial charge in [-0.3, -0.25) is 13.9 Å². The van der Waals surface area contributed by atoms with Crippen molar-refractivity contribution < 1.29 is 18.0 Å². The van der Waals surface area contributed by atoms with Gasteiger partial charge in [-0.05, 0) is 43.2 Å². The Morgan fingerprint density at radius 2 is 1.74 bits per heavy atom. The number of hydrogen-bond acceptors (Lipinski definition) is 4. The van der Waals surface area contributed by atoms with Gasteiger partial charge in [-0.2, -0.15) is 0 Å². The largest absolute Gasteiger partial charge is 0.354 e. The van der Waals surface area contributed by atoms with Crippen LogP contribution in [0.3, 0.4) is 0 Å². The Labute approximate surface area is 229 Å². The second-order valence-corrected chi connectivity index (χ2v) is 12.0. The van der Waals surface area contributed by atoms with Crippen molar-refractivity contribution in [2.24, 2.45) is 0 Å². The minimum atomic E-state index is -3.95. The van der Waals surface area contributed by atoms with E-state index < -0.39 is 28.5 Å². The molecule has 0 spiro atoms. The highest BCUT2D eigenvalue weighted by Crippen LogP contribution is 2.35. The molecule has 0 saturated carbocycles. The number of anilines is 1. The van der Waals surface area contributed by atoms with Gasteiger partial charge in [0.1, 0.15) is 12.6 Å². The molecule has 0 aliphatic heterocycles. The molecule has 2 aromatic rings. The summed E-state index contributed by atoms with van der Waals surface area (Å²) in [6, 6.07) is 9.04. The number of sulfonamides is 1. The second kappa shape index (κ2) is 13.1. The van der Waals surface area contributed by atoms with Gasteiger partial charge in [0.2, 0.25) is 21.8 Å². The molecule has 0 radical (unpaired) electrons. The maximum Gasteiger partial charge on any atom is 0.244 e. The molecule has 0 heterocycles. The first-order valence-corrected chi connectivity index (χ1v) is 14.6. The van der Waals surface area contributed by atoms with Gasteiger partial charge in [-0.1, -0.05) is 76.2 Å². The van der Waals surface area contributed by atoms with Gasteiger partial charge < -0.3 is 10.2 Å². The molecule has 1 atom stereocenters. The van der Waals surface area contributed by atoms with Crippen molar-refractivity contribution >= 4 is 78.3 Å². The Bertz CT molecular complexity index is 1180. The van der Waals surface area contributed by atoms with Gasteiger partial charge in [-0.25, -0.2) is 8.42 Å². The smallest absolute Gasteiger partial charge is 0.244 e. The molecule has 0 unspecified atom stereocenters. The molecule has 1 N–H and O–H groups in total. The molecule has 192 valence electrons. The summed E-state index contributed by atoms with van der Waals surface area (Å²) in [5, 5.41) is 3.07. The van der Waals surface area contributed by atoms with Crippen molar-refractivity contribution in [3.05, 3.63) is 61.5 Å². The molecule has 35 heavy (non-hydrogen) atoms. The van der Waals surface area contributed by atoms with Crippen molar-refractivity contribution in [1.82, 2.24) is 10.2 Å². The highest BCUT2D eigenvalue weighted by Gasteiger charge is 2.31. The van der Waals surface area contributed by atoms with Gasteiger partial charge in [0.25, 0.3) is 0 Å². The van der Waals surface area contributed by atoms with Crippen LogP contribution in [0.1, 0.15) is 32.3 Å². The van der Waals surface area contributed by atoms with Gasteiger partial charge >= 0.3 is 0 Å². The molecule has 2 rings (SSSR count). The van der Waals surface area contributed by atoms with E-state index in [1.165, 1.54) is 17.0 Å². The van der Waals surface area contributed by atoms with Gasteiger partial charge in [0.05, 0.1) is 27.0 Å². The van der Waals surface area contributed by atoms with E-state index in [9.17, 15) is 18.0 Å². The Morgan fingerprint density at radius 3 is 2.34 bits per heavy atom. The van der Waals surface area contributed by atoms with E-state index in [2.05, 4.69) is 21.2 Å². The van der Waals surface area contributed by atoms with Crippen LogP contribution in [-0.4, -0.2) is 50.5 Å². The molecular weight excluding hydrogens is 601 g/mol. The molecule has 2 amide bonds. The van der Waals surface area contributed by atoms with Crippen LogP contribution in [0, 0.1) is 0 Å². The number of rotatable bonds is 11. The molecule has 0 fully saturated rings. The normalized spacial score (nSPS) is 12.2. The van der Waals surface area contributed by atoms with Crippen LogP contribution < -0.4 is 9.62 Å². The van der Waals surface area contributed by atoms with Crippen LogP contribution in [0.15, 0.2) is 40.9 Å². The van der Waals surface area contributed by atoms with Crippen LogP contribution in [-0.2, 0) is 26.2 Å². The van der Waals surface area contributed by atoms with Crippen molar-refractivity contribution in [1.29, 1.82) is 0 Å². The van der Waals surface area contributed by atoms with E-state index in [0.29, 0.717) is 6.54 Å². The van der Waals surface area contributed by atoms with E-state index >= 15 is 0 Å². The van der Waals surface area contributed by atoms with E-state index in [1.54, 1.807) is 6.92 Å². The first-order chi connectivity index (χ1) is 16.3. The Morgan fingerprint density at radius 1 is 1.09 bits per heavy atom. The molecule has 0 aliphatic rings. The summed E-state index contributed by atoms with van der Waals surface area (Å²) >= 11 is 21.7. The molecule has 2 aromatic carbocycles. The van der Waals surface area contributed by atoms with E-state index in [-0.39, 0.29) is 33.2 Å². The zero-order valence-electron chi connectivity index (χ0n) is 19.5. The number of benzene rings is 2. The van der Waals surface area contributed by atoms with E-state index in [1.807, 2.05) is 31.2 Å². The van der Waals surface area contributed by atoms with Crippen LogP contribution in [0.5, 0.6) is 0 Å². The third kappa shape index (κ3) is 8.53. The lowest BCUT2D eigenvalue weighted by molar-refractivity contribution is -0.139. The third-order valence-electron chi connectivity index (χ3n) is 5.18. The Balaban J connectivity index is 2.42. The van der Waals surface area contributed by atoms with E-state index in [0.717, 1.165) is 33.4 Å². The fourth-order valence-corrected chi connectivity index (χ4v) is 5.24. The Hall–Kier alpha value is -1.52. The lowest BCUT2D eigenvalue weighted by Gasteiger charge is -2.31. The number of carbonyl (C=O) groups is 2. The molecule has 12 heteroatoms. The molecule has 0 saturated heterocycles. The predicted octanol–water partition coefficient (Wildman–Crippen LogP) is 5.51.